The molecule has 1 unspecified atom stereocenters. The summed E-state index contributed by atoms with van der Waals surface area (Å²) in [6.07, 6.45) is -1.50. The number of amides is 1. The predicted molar refractivity (Wildman–Crippen MR) is 97.2 cm³/mol. The van der Waals surface area contributed by atoms with E-state index in [-0.39, 0.29) is 11.5 Å². The van der Waals surface area contributed by atoms with E-state index < -0.39 is 18.2 Å². The smallest absolute Gasteiger partial charge is 0.404 e. The van der Waals surface area contributed by atoms with E-state index in [0.717, 1.165) is 12.1 Å². The fraction of sp³-hybridized carbons (Fsp3) is 0.632. The van der Waals surface area contributed by atoms with Crippen LogP contribution in [0.4, 0.5) is 4.79 Å². The van der Waals surface area contributed by atoms with Crippen LogP contribution < -0.4 is 10.6 Å². The fourth-order valence-electron chi connectivity index (χ4n) is 2.82. The molecule has 4 N–H and O–H groups in total. The summed E-state index contributed by atoms with van der Waals surface area (Å²) in [5.41, 5.74) is 0.787. The summed E-state index contributed by atoms with van der Waals surface area (Å²) in [5, 5.41) is 26.0. The minimum atomic E-state index is -1.12. The Balaban J connectivity index is 2.96. The van der Waals surface area contributed by atoms with Crippen molar-refractivity contribution in [2.75, 3.05) is 6.54 Å². The highest BCUT2D eigenvalue weighted by Gasteiger charge is 2.36. The lowest BCUT2D eigenvalue weighted by Gasteiger charge is -2.39. The standard InChI is InChI=1S/C19H32N2O3/c1-13(2)12-20-17(19(3,4)5)16(22)15(21-18(23)24)11-14-9-7-6-8-10-14/h6-10,13,15-17,20-22H,11-12H2,1-5H3,(H,23,24)/t15-,16+,17?/m0/s1. The van der Waals surface area contributed by atoms with Crippen LogP contribution in [0.2, 0.25) is 0 Å². The van der Waals surface area contributed by atoms with Gasteiger partial charge in [-0.1, -0.05) is 65.0 Å². The Hall–Kier alpha value is -1.59. The molecular formula is C19H32N2O3. The maximum absolute atomic E-state index is 11.2. The Labute approximate surface area is 145 Å². The molecule has 0 aliphatic rings. The van der Waals surface area contributed by atoms with E-state index in [9.17, 15) is 15.0 Å². The van der Waals surface area contributed by atoms with Crippen LogP contribution in [0.1, 0.15) is 40.2 Å². The summed E-state index contributed by atoms with van der Waals surface area (Å²) in [6, 6.07) is 8.83. The third-order valence-corrected chi connectivity index (χ3v) is 4.04. The van der Waals surface area contributed by atoms with Crippen molar-refractivity contribution in [3.63, 3.8) is 0 Å². The van der Waals surface area contributed by atoms with Gasteiger partial charge < -0.3 is 20.8 Å². The number of hydrogen-bond donors (Lipinski definition) is 4. The van der Waals surface area contributed by atoms with Crippen LogP contribution in [0.15, 0.2) is 30.3 Å². The SMILES string of the molecule is CC(C)CNC([C@H](O)[C@H](Cc1ccccc1)NC(=O)O)C(C)(C)C. The van der Waals surface area contributed by atoms with Crippen molar-refractivity contribution < 1.29 is 15.0 Å². The molecule has 0 saturated heterocycles. The van der Waals surface area contributed by atoms with Gasteiger partial charge in [0, 0.05) is 6.04 Å². The Morgan fingerprint density at radius 3 is 2.21 bits per heavy atom. The van der Waals surface area contributed by atoms with Crippen molar-refractivity contribution in [2.24, 2.45) is 11.3 Å². The molecule has 3 atom stereocenters. The highest BCUT2D eigenvalue weighted by atomic mass is 16.4. The van der Waals surface area contributed by atoms with Gasteiger partial charge in [0.25, 0.3) is 0 Å². The minimum absolute atomic E-state index is 0.205. The van der Waals surface area contributed by atoms with Gasteiger partial charge >= 0.3 is 6.09 Å². The number of aliphatic hydroxyl groups is 1. The molecular weight excluding hydrogens is 304 g/mol. The van der Waals surface area contributed by atoms with E-state index in [0.29, 0.717) is 12.3 Å². The molecule has 5 nitrogen and oxygen atoms in total. The van der Waals surface area contributed by atoms with Crippen LogP contribution in [-0.4, -0.2) is 41.0 Å². The molecule has 1 amide bonds. The molecule has 0 bridgehead atoms. The van der Waals surface area contributed by atoms with Crippen LogP contribution in [0.3, 0.4) is 0 Å². The number of carboxylic acid groups (broad SMARTS) is 1. The van der Waals surface area contributed by atoms with Gasteiger partial charge in [-0.15, -0.1) is 0 Å². The molecule has 0 fully saturated rings. The van der Waals surface area contributed by atoms with E-state index in [1.54, 1.807) is 0 Å². The van der Waals surface area contributed by atoms with Crippen LogP contribution in [-0.2, 0) is 6.42 Å². The Morgan fingerprint density at radius 2 is 1.75 bits per heavy atom. The third-order valence-electron chi connectivity index (χ3n) is 4.04. The first-order valence-electron chi connectivity index (χ1n) is 8.56. The van der Waals surface area contributed by atoms with Crippen molar-refractivity contribution in [1.82, 2.24) is 10.6 Å². The van der Waals surface area contributed by atoms with Crippen LogP contribution >= 0.6 is 0 Å². The monoisotopic (exact) mass is 336 g/mol. The topological polar surface area (TPSA) is 81.6 Å². The highest BCUT2D eigenvalue weighted by molar-refractivity contribution is 5.65. The molecule has 0 aliphatic heterocycles. The van der Waals surface area contributed by atoms with Gasteiger partial charge in [0.15, 0.2) is 0 Å². The van der Waals surface area contributed by atoms with Gasteiger partial charge in [-0.3, -0.25) is 0 Å². The number of rotatable bonds is 8. The summed E-state index contributed by atoms with van der Waals surface area (Å²) in [7, 11) is 0. The first-order chi connectivity index (χ1) is 11.1. The molecule has 1 rings (SSSR count). The quantitative estimate of drug-likeness (QED) is 0.588. The molecule has 5 heteroatoms. The Kier molecular flexibility index (Phi) is 7.70. The zero-order valence-corrected chi connectivity index (χ0v) is 15.4. The number of carbonyl (C=O) groups is 1. The number of hydrogen-bond acceptors (Lipinski definition) is 3. The summed E-state index contributed by atoms with van der Waals surface area (Å²) < 4.78 is 0. The first kappa shape index (κ1) is 20.5. The lowest BCUT2D eigenvalue weighted by Crippen LogP contribution is -2.58. The van der Waals surface area contributed by atoms with E-state index in [2.05, 4.69) is 45.3 Å². The summed E-state index contributed by atoms with van der Waals surface area (Å²) in [6.45, 7) is 11.1. The van der Waals surface area contributed by atoms with Crippen molar-refractivity contribution in [1.29, 1.82) is 0 Å². The van der Waals surface area contributed by atoms with Crippen LogP contribution in [0, 0.1) is 11.3 Å². The van der Waals surface area contributed by atoms with E-state index in [1.165, 1.54) is 0 Å². The van der Waals surface area contributed by atoms with E-state index in [4.69, 9.17) is 0 Å². The largest absolute Gasteiger partial charge is 0.465 e. The second-order valence-corrected chi connectivity index (χ2v) is 7.88. The summed E-state index contributed by atoms with van der Waals surface area (Å²) in [4.78, 5) is 11.2. The number of nitrogens with one attached hydrogen (secondary N) is 2. The second-order valence-electron chi connectivity index (χ2n) is 7.88. The fourth-order valence-corrected chi connectivity index (χ4v) is 2.82. The number of benzene rings is 1. The average Bonchev–Trinajstić information content (AvgIpc) is 2.45. The third kappa shape index (κ3) is 6.89. The zero-order valence-electron chi connectivity index (χ0n) is 15.4. The molecule has 1 aromatic rings. The average molecular weight is 336 g/mol. The lowest BCUT2D eigenvalue weighted by atomic mass is 9.79. The molecule has 0 saturated carbocycles. The predicted octanol–water partition coefficient (Wildman–Crippen LogP) is 2.89. The lowest BCUT2D eigenvalue weighted by molar-refractivity contribution is 0.0392. The number of aliphatic hydroxyl groups excluding tert-OH is 1. The normalized spacial score (nSPS) is 15.8. The van der Waals surface area contributed by atoms with Gasteiger partial charge in [-0.05, 0) is 29.9 Å². The van der Waals surface area contributed by atoms with Crippen molar-refractivity contribution >= 4 is 6.09 Å². The van der Waals surface area contributed by atoms with E-state index >= 15 is 0 Å². The van der Waals surface area contributed by atoms with Crippen LogP contribution in [0.5, 0.6) is 0 Å². The minimum Gasteiger partial charge on any atom is -0.465 e. The van der Waals surface area contributed by atoms with Crippen LogP contribution in [0.25, 0.3) is 0 Å². The Bertz CT molecular complexity index is 497. The molecule has 0 aliphatic carbocycles. The molecule has 0 radical (unpaired) electrons. The Morgan fingerprint density at radius 1 is 1.17 bits per heavy atom. The summed E-state index contributed by atoms with van der Waals surface area (Å²) in [5.74, 6) is 0.446. The molecule has 0 heterocycles. The summed E-state index contributed by atoms with van der Waals surface area (Å²) >= 11 is 0. The van der Waals surface area contributed by atoms with Gasteiger partial charge in [0.2, 0.25) is 0 Å². The zero-order chi connectivity index (χ0) is 18.3. The van der Waals surface area contributed by atoms with Gasteiger partial charge in [-0.25, -0.2) is 4.79 Å². The van der Waals surface area contributed by atoms with Gasteiger partial charge in [0.05, 0.1) is 12.1 Å². The highest BCUT2D eigenvalue weighted by Crippen LogP contribution is 2.25. The molecule has 0 aromatic heterocycles. The maximum atomic E-state index is 11.2. The van der Waals surface area contributed by atoms with Gasteiger partial charge in [-0.2, -0.15) is 0 Å². The first-order valence-corrected chi connectivity index (χ1v) is 8.56. The molecule has 136 valence electrons. The molecule has 0 spiro atoms. The second kappa shape index (κ2) is 9.04. The maximum Gasteiger partial charge on any atom is 0.404 e. The van der Waals surface area contributed by atoms with Crippen molar-refractivity contribution in [3.05, 3.63) is 35.9 Å². The van der Waals surface area contributed by atoms with Gasteiger partial charge in [0.1, 0.15) is 0 Å². The molecule has 24 heavy (non-hydrogen) atoms. The van der Waals surface area contributed by atoms with Crippen molar-refractivity contribution in [3.8, 4) is 0 Å². The molecule has 1 aromatic carbocycles. The van der Waals surface area contributed by atoms with Crippen molar-refractivity contribution in [2.45, 2.75) is 59.2 Å². The van der Waals surface area contributed by atoms with E-state index in [1.807, 2.05) is 30.3 Å².